The second kappa shape index (κ2) is 11.1. The van der Waals surface area contributed by atoms with E-state index >= 15 is 0 Å². The largest absolute Gasteiger partial charge is 0.467 e. The lowest BCUT2D eigenvalue weighted by Gasteiger charge is -2.12. The van der Waals surface area contributed by atoms with Gasteiger partial charge in [-0.1, -0.05) is 54.1 Å². The molecule has 2 heterocycles. The Kier molecular flexibility index (Phi) is 7.32. The van der Waals surface area contributed by atoms with E-state index < -0.39 is 17.9 Å². The fraction of sp³-hybridized carbons (Fsp3) is 0.107. The number of nitrogens with one attached hydrogen (secondary N) is 1. The number of methoxy groups -OCH3 is 1. The molecule has 10 heteroatoms. The van der Waals surface area contributed by atoms with Crippen molar-refractivity contribution in [3.8, 4) is 23.0 Å². The summed E-state index contributed by atoms with van der Waals surface area (Å²) in [7, 11) is 1.21. The molecule has 0 radical (unpaired) electrons. The Morgan fingerprint density at radius 3 is 2.24 bits per heavy atom. The highest BCUT2D eigenvalue weighted by Crippen LogP contribution is 2.39. The quantitative estimate of drug-likeness (QED) is 0.261. The van der Waals surface area contributed by atoms with Gasteiger partial charge in [0.05, 0.1) is 7.11 Å². The molecule has 0 aliphatic rings. The molecule has 0 saturated heterocycles. The summed E-state index contributed by atoms with van der Waals surface area (Å²) in [5.41, 5.74) is 2.57. The zero-order valence-corrected chi connectivity index (χ0v) is 21.3. The number of aryl methyl sites for hydroxylation is 1. The Balaban J connectivity index is 1.49. The smallest absolute Gasteiger partial charge is 0.338 e. The van der Waals surface area contributed by atoms with Crippen LogP contribution in [0.1, 0.15) is 27.9 Å². The molecule has 1 N–H and O–H groups in total. The third-order valence-corrected chi connectivity index (χ3v) is 6.46. The number of benzene rings is 3. The Morgan fingerprint density at radius 1 is 0.868 bits per heavy atom. The molecule has 5 rings (SSSR count). The number of hydrogen-bond donors (Lipinski definition) is 1. The molecule has 5 aromatic rings. The van der Waals surface area contributed by atoms with Gasteiger partial charge in [0.2, 0.25) is 11.9 Å². The Bertz CT molecular complexity index is 1550. The maximum absolute atomic E-state index is 12.7. The van der Waals surface area contributed by atoms with E-state index in [1.807, 2.05) is 61.5 Å². The van der Waals surface area contributed by atoms with E-state index in [0.29, 0.717) is 22.2 Å². The number of amides is 1. The van der Waals surface area contributed by atoms with Crippen LogP contribution in [0.2, 0.25) is 0 Å². The summed E-state index contributed by atoms with van der Waals surface area (Å²) in [6.45, 7) is 2.01. The molecule has 3 aromatic carbocycles. The predicted molar refractivity (Wildman–Crippen MR) is 139 cm³/mol. The van der Waals surface area contributed by atoms with Gasteiger partial charge in [-0.2, -0.15) is 0 Å². The van der Waals surface area contributed by atoms with Crippen molar-refractivity contribution in [2.45, 2.75) is 23.0 Å². The SMILES string of the molecule is COC(=O)[C@H](NC(=O)c1ccccc1)c1nnc(-c2nc(-c3ccccc3)oc2Sc2ccc(C)cc2)o1. The highest BCUT2D eigenvalue weighted by atomic mass is 32.2. The maximum Gasteiger partial charge on any atom is 0.338 e. The number of ether oxygens (including phenoxy) is 1. The highest BCUT2D eigenvalue weighted by molar-refractivity contribution is 7.99. The maximum atomic E-state index is 12.7. The van der Waals surface area contributed by atoms with Crippen molar-refractivity contribution in [1.29, 1.82) is 0 Å². The number of carbonyl (C=O) groups excluding carboxylic acids is 2. The van der Waals surface area contributed by atoms with Crippen LogP contribution in [0.5, 0.6) is 0 Å². The van der Waals surface area contributed by atoms with E-state index in [0.717, 1.165) is 16.0 Å². The van der Waals surface area contributed by atoms with E-state index in [-0.39, 0.29) is 11.8 Å². The van der Waals surface area contributed by atoms with Gasteiger partial charge in [-0.15, -0.1) is 10.2 Å². The van der Waals surface area contributed by atoms with Crippen LogP contribution in [0.25, 0.3) is 23.0 Å². The van der Waals surface area contributed by atoms with Crippen molar-refractivity contribution in [1.82, 2.24) is 20.5 Å². The Labute approximate surface area is 222 Å². The van der Waals surface area contributed by atoms with Gasteiger partial charge < -0.3 is 18.9 Å². The lowest BCUT2D eigenvalue weighted by molar-refractivity contribution is -0.143. The van der Waals surface area contributed by atoms with Gasteiger partial charge in [-0.05, 0) is 55.1 Å². The summed E-state index contributed by atoms with van der Waals surface area (Å²) < 4.78 is 16.9. The highest BCUT2D eigenvalue weighted by Gasteiger charge is 2.31. The fourth-order valence-electron chi connectivity index (χ4n) is 3.52. The van der Waals surface area contributed by atoms with Gasteiger partial charge >= 0.3 is 5.97 Å². The van der Waals surface area contributed by atoms with Crippen LogP contribution < -0.4 is 5.32 Å². The molecule has 0 fully saturated rings. The number of carbonyl (C=O) groups is 2. The summed E-state index contributed by atoms with van der Waals surface area (Å²) in [5.74, 6) is -1.00. The van der Waals surface area contributed by atoms with E-state index in [9.17, 15) is 9.59 Å². The minimum absolute atomic E-state index is 0.0309. The van der Waals surface area contributed by atoms with Crippen molar-refractivity contribution < 1.29 is 23.2 Å². The normalized spacial score (nSPS) is 11.6. The lowest BCUT2D eigenvalue weighted by Crippen LogP contribution is -2.34. The van der Waals surface area contributed by atoms with Crippen molar-refractivity contribution in [3.63, 3.8) is 0 Å². The minimum Gasteiger partial charge on any atom is -0.467 e. The van der Waals surface area contributed by atoms with Gasteiger partial charge in [0.15, 0.2) is 10.8 Å². The summed E-state index contributed by atoms with van der Waals surface area (Å²) >= 11 is 1.35. The van der Waals surface area contributed by atoms with E-state index in [1.54, 1.807) is 30.3 Å². The van der Waals surface area contributed by atoms with Crippen LogP contribution in [0.3, 0.4) is 0 Å². The summed E-state index contributed by atoms with van der Waals surface area (Å²) in [6, 6.07) is 24.5. The van der Waals surface area contributed by atoms with Gasteiger partial charge in [0.25, 0.3) is 17.7 Å². The zero-order chi connectivity index (χ0) is 26.5. The summed E-state index contributed by atoms with van der Waals surface area (Å²) in [6.07, 6.45) is 0. The molecule has 0 spiro atoms. The van der Waals surface area contributed by atoms with Crippen LogP contribution in [-0.4, -0.2) is 34.2 Å². The number of hydrogen-bond acceptors (Lipinski definition) is 9. The lowest BCUT2D eigenvalue weighted by atomic mass is 10.2. The molecule has 1 amide bonds. The molecule has 9 nitrogen and oxygen atoms in total. The summed E-state index contributed by atoms with van der Waals surface area (Å²) in [4.78, 5) is 30.8. The minimum atomic E-state index is -1.32. The third kappa shape index (κ3) is 5.50. The monoisotopic (exact) mass is 526 g/mol. The average molecular weight is 527 g/mol. The number of oxazole rings is 1. The number of nitrogens with zero attached hydrogens (tertiary/aromatic N) is 3. The second-order valence-corrected chi connectivity index (χ2v) is 9.22. The van der Waals surface area contributed by atoms with Crippen molar-refractivity contribution in [2.24, 2.45) is 0 Å². The first-order valence-electron chi connectivity index (χ1n) is 11.6. The van der Waals surface area contributed by atoms with E-state index in [1.165, 1.54) is 18.9 Å². The van der Waals surface area contributed by atoms with Crippen LogP contribution in [0, 0.1) is 6.92 Å². The molecule has 0 saturated carbocycles. The standard InChI is InChI=1S/C28H22N4O5S/c1-17-13-15-20(16-14-17)38-28-22(30-24(37-28)19-11-7-4-8-12-19)26-32-31-25(36-26)21(27(34)35-2)29-23(33)18-9-5-3-6-10-18/h3-16,21H,1-2H3,(H,29,33)/t21-/m1/s1. The topological polar surface area (TPSA) is 120 Å². The zero-order valence-electron chi connectivity index (χ0n) is 20.5. The predicted octanol–water partition coefficient (Wildman–Crippen LogP) is 5.50. The van der Waals surface area contributed by atoms with Crippen LogP contribution in [0.15, 0.2) is 104 Å². The van der Waals surface area contributed by atoms with Gasteiger partial charge in [0.1, 0.15) is 0 Å². The number of rotatable bonds is 8. The molecule has 1 atom stereocenters. The molecular weight excluding hydrogens is 504 g/mol. The number of esters is 1. The van der Waals surface area contributed by atoms with Gasteiger partial charge in [-0.3, -0.25) is 4.79 Å². The fourth-order valence-corrected chi connectivity index (χ4v) is 4.35. The van der Waals surface area contributed by atoms with Crippen LogP contribution in [0.4, 0.5) is 0 Å². The molecule has 190 valence electrons. The Hall–Kier alpha value is -4.70. The molecule has 2 aromatic heterocycles. The molecule has 0 aliphatic heterocycles. The first-order chi connectivity index (χ1) is 18.5. The average Bonchev–Trinajstić information content (AvgIpc) is 3.61. The van der Waals surface area contributed by atoms with Crippen LogP contribution in [-0.2, 0) is 9.53 Å². The number of aromatic nitrogens is 3. The summed E-state index contributed by atoms with van der Waals surface area (Å²) in [5, 5.41) is 11.2. The molecule has 38 heavy (non-hydrogen) atoms. The molecular formula is C28H22N4O5S. The van der Waals surface area contributed by atoms with Gasteiger partial charge in [0, 0.05) is 16.0 Å². The van der Waals surface area contributed by atoms with Crippen molar-refractivity contribution in [2.75, 3.05) is 7.11 Å². The van der Waals surface area contributed by atoms with E-state index in [4.69, 9.17) is 13.6 Å². The van der Waals surface area contributed by atoms with Gasteiger partial charge in [-0.25, -0.2) is 9.78 Å². The second-order valence-electron chi connectivity index (χ2n) is 8.18. The molecule has 0 unspecified atom stereocenters. The first kappa shape index (κ1) is 25.0. The third-order valence-electron chi connectivity index (χ3n) is 5.49. The molecule has 0 aliphatic carbocycles. The Morgan fingerprint density at radius 2 is 1.55 bits per heavy atom. The molecule has 0 bridgehead atoms. The van der Waals surface area contributed by atoms with Crippen molar-refractivity contribution >= 4 is 23.6 Å². The van der Waals surface area contributed by atoms with E-state index in [2.05, 4.69) is 20.5 Å². The first-order valence-corrected chi connectivity index (χ1v) is 12.4. The van der Waals surface area contributed by atoms with Crippen LogP contribution >= 0.6 is 11.8 Å². The van der Waals surface area contributed by atoms with Crippen molar-refractivity contribution in [3.05, 3.63) is 102 Å².